The monoisotopic (exact) mass is 319 g/mol. The van der Waals surface area contributed by atoms with E-state index in [1.54, 1.807) is 18.2 Å². The number of aliphatic hydroxyl groups is 1. The fraction of sp³-hybridized carbons (Fsp3) is 0.190. The third-order valence-electron chi connectivity index (χ3n) is 4.05. The molecule has 3 nitrogen and oxygen atoms in total. The Kier molecular flexibility index (Phi) is 4.26. The highest BCUT2D eigenvalue weighted by Gasteiger charge is 2.27. The number of hydrogen-bond acceptors (Lipinski definition) is 3. The standard InChI is InChI=1S/C21H21NO2/c1-21(2)14-16-10-6-7-11-18(16)19(22-21)12-17(23)13-20(24)15-8-4-3-5-9-15/h3-13,22,24H,14H2,1-2H3/b19-12-,20-13-. The molecular weight excluding hydrogens is 298 g/mol. The Balaban J connectivity index is 1.92. The number of allylic oxidation sites excluding steroid dienone is 2. The zero-order chi connectivity index (χ0) is 17.2. The van der Waals surface area contributed by atoms with Gasteiger partial charge >= 0.3 is 0 Å². The second-order valence-corrected chi connectivity index (χ2v) is 6.70. The molecule has 122 valence electrons. The first-order valence-corrected chi connectivity index (χ1v) is 8.03. The third-order valence-corrected chi connectivity index (χ3v) is 4.05. The lowest BCUT2D eigenvalue weighted by Gasteiger charge is -2.35. The van der Waals surface area contributed by atoms with Crippen molar-refractivity contribution in [3.63, 3.8) is 0 Å². The molecule has 0 saturated heterocycles. The Morgan fingerprint density at radius 3 is 2.50 bits per heavy atom. The van der Waals surface area contributed by atoms with Gasteiger partial charge in [0.05, 0.1) is 0 Å². The van der Waals surface area contributed by atoms with E-state index in [9.17, 15) is 9.90 Å². The average molecular weight is 319 g/mol. The van der Waals surface area contributed by atoms with Crippen molar-refractivity contribution < 1.29 is 9.90 Å². The molecule has 0 radical (unpaired) electrons. The van der Waals surface area contributed by atoms with Crippen LogP contribution in [0.5, 0.6) is 0 Å². The minimum Gasteiger partial charge on any atom is -0.507 e. The number of rotatable bonds is 3. The summed E-state index contributed by atoms with van der Waals surface area (Å²) in [5, 5.41) is 13.5. The molecule has 1 heterocycles. The Morgan fingerprint density at radius 1 is 1.08 bits per heavy atom. The highest BCUT2D eigenvalue weighted by molar-refractivity contribution is 6.07. The Morgan fingerprint density at radius 2 is 1.75 bits per heavy atom. The van der Waals surface area contributed by atoms with Gasteiger partial charge in [0.25, 0.3) is 0 Å². The van der Waals surface area contributed by atoms with E-state index in [4.69, 9.17) is 0 Å². The fourth-order valence-corrected chi connectivity index (χ4v) is 3.01. The fourth-order valence-electron chi connectivity index (χ4n) is 3.01. The summed E-state index contributed by atoms with van der Waals surface area (Å²) in [5.74, 6) is -0.271. The summed E-state index contributed by atoms with van der Waals surface area (Å²) < 4.78 is 0. The van der Waals surface area contributed by atoms with Gasteiger partial charge in [-0.15, -0.1) is 0 Å². The lowest BCUT2D eigenvalue weighted by Crippen LogP contribution is -2.43. The van der Waals surface area contributed by atoms with E-state index in [0.717, 1.165) is 17.7 Å². The maximum absolute atomic E-state index is 12.4. The molecule has 0 bridgehead atoms. The first-order chi connectivity index (χ1) is 11.4. The molecule has 1 aliphatic heterocycles. The molecule has 0 aromatic heterocycles. The second-order valence-electron chi connectivity index (χ2n) is 6.70. The van der Waals surface area contributed by atoms with Crippen molar-refractivity contribution in [1.29, 1.82) is 0 Å². The SMILES string of the molecule is CC1(C)Cc2ccccc2/C(=C/C(=O)/C=C(\O)c2ccccc2)N1. The van der Waals surface area contributed by atoms with Crippen LogP contribution >= 0.6 is 0 Å². The molecule has 2 aromatic carbocycles. The first-order valence-electron chi connectivity index (χ1n) is 8.03. The van der Waals surface area contributed by atoms with Crippen LogP contribution < -0.4 is 5.32 Å². The number of benzene rings is 2. The smallest absolute Gasteiger partial charge is 0.184 e. The van der Waals surface area contributed by atoms with Gasteiger partial charge in [0.2, 0.25) is 0 Å². The molecule has 3 rings (SSSR count). The van der Waals surface area contributed by atoms with Crippen LogP contribution in [-0.2, 0) is 11.2 Å². The Hall–Kier alpha value is -2.81. The first kappa shape index (κ1) is 16.1. The van der Waals surface area contributed by atoms with Crippen molar-refractivity contribution in [3.8, 4) is 0 Å². The lowest BCUT2D eigenvalue weighted by atomic mass is 9.85. The van der Waals surface area contributed by atoms with Crippen LogP contribution in [0.4, 0.5) is 0 Å². The quantitative estimate of drug-likeness (QED) is 0.661. The molecule has 0 fully saturated rings. The molecule has 0 atom stereocenters. The van der Waals surface area contributed by atoms with Crippen LogP contribution in [0.15, 0.2) is 66.7 Å². The maximum atomic E-state index is 12.4. The zero-order valence-corrected chi connectivity index (χ0v) is 13.9. The van der Waals surface area contributed by atoms with E-state index < -0.39 is 0 Å². The topological polar surface area (TPSA) is 49.3 Å². The van der Waals surface area contributed by atoms with Crippen LogP contribution in [0.25, 0.3) is 11.5 Å². The number of ketones is 1. The average Bonchev–Trinajstić information content (AvgIpc) is 2.54. The minimum absolute atomic E-state index is 0.0270. The molecular formula is C21H21NO2. The van der Waals surface area contributed by atoms with E-state index in [-0.39, 0.29) is 17.1 Å². The lowest BCUT2D eigenvalue weighted by molar-refractivity contribution is -0.110. The third kappa shape index (κ3) is 3.57. The molecule has 0 unspecified atom stereocenters. The van der Waals surface area contributed by atoms with Crippen molar-refractivity contribution in [1.82, 2.24) is 5.32 Å². The molecule has 0 aliphatic carbocycles. The van der Waals surface area contributed by atoms with Gasteiger partial charge in [-0.2, -0.15) is 0 Å². The Bertz CT molecular complexity index is 817. The van der Waals surface area contributed by atoms with Gasteiger partial charge < -0.3 is 10.4 Å². The van der Waals surface area contributed by atoms with E-state index in [2.05, 4.69) is 25.2 Å². The minimum atomic E-state index is -0.244. The Labute approximate surface area is 142 Å². The predicted octanol–water partition coefficient (Wildman–Crippen LogP) is 4.12. The highest BCUT2D eigenvalue weighted by Crippen LogP contribution is 2.29. The summed E-state index contributed by atoms with van der Waals surface area (Å²) in [7, 11) is 0. The number of carbonyl (C=O) groups excluding carboxylic acids is 1. The molecule has 0 saturated carbocycles. The van der Waals surface area contributed by atoms with Gasteiger partial charge in [0, 0.05) is 34.5 Å². The van der Waals surface area contributed by atoms with Crippen LogP contribution in [0.3, 0.4) is 0 Å². The summed E-state index contributed by atoms with van der Waals surface area (Å²) in [4.78, 5) is 12.4. The van der Waals surface area contributed by atoms with Crippen LogP contribution in [0.1, 0.15) is 30.5 Å². The van der Waals surface area contributed by atoms with Crippen molar-refractivity contribution >= 4 is 17.2 Å². The summed E-state index contributed by atoms with van der Waals surface area (Å²) in [6.45, 7) is 4.22. The summed E-state index contributed by atoms with van der Waals surface area (Å²) in [5.41, 5.74) is 3.56. The number of carbonyl (C=O) groups is 1. The van der Waals surface area contributed by atoms with Gasteiger partial charge in [-0.05, 0) is 25.8 Å². The van der Waals surface area contributed by atoms with E-state index in [0.29, 0.717) is 5.56 Å². The second kappa shape index (κ2) is 6.36. The molecule has 2 aromatic rings. The maximum Gasteiger partial charge on any atom is 0.184 e. The number of nitrogens with one attached hydrogen (secondary N) is 1. The molecule has 3 heteroatoms. The van der Waals surface area contributed by atoms with Crippen molar-refractivity contribution in [2.24, 2.45) is 0 Å². The number of aliphatic hydroxyl groups excluding tert-OH is 1. The van der Waals surface area contributed by atoms with Gasteiger partial charge in [0.15, 0.2) is 5.78 Å². The molecule has 0 amide bonds. The van der Waals surface area contributed by atoms with Gasteiger partial charge in [-0.1, -0.05) is 54.6 Å². The van der Waals surface area contributed by atoms with Crippen LogP contribution in [0.2, 0.25) is 0 Å². The van der Waals surface area contributed by atoms with Crippen LogP contribution in [0, 0.1) is 0 Å². The van der Waals surface area contributed by atoms with Gasteiger partial charge in [-0.25, -0.2) is 0 Å². The van der Waals surface area contributed by atoms with Crippen molar-refractivity contribution in [2.45, 2.75) is 25.8 Å². The normalized spacial score (nSPS) is 17.9. The summed E-state index contributed by atoms with van der Waals surface area (Å²) >= 11 is 0. The van der Waals surface area contributed by atoms with Crippen LogP contribution in [-0.4, -0.2) is 16.4 Å². The molecule has 0 spiro atoms. The largest absolute Gasteiger partial charge is 0.507 e. The zero-order valence-electron chi connectivity index (χ0n) is 13.9. The molecule has 24 heavy (non-hydrogen) atoms. The number of hydrogen-bond donors (Lipinski definition) is 2. The van der Waals surface area contributed by atoms with Crippen molar-refractivity contribution in [2.75, 3.05) is 0 Å². The molecule has 1 aliphatic rings. The van der Waals surface area contributed by atoms with Crippen molar-refractivity contribution in [3.05, 3.63) is 83.4 Å². The van der Waals surface area contributed by atoms with E-state index in [1.807, 2.05) is 36.4 Å². The van der Waals surface area contributed by atoms with E-state index >= 15 is 0 Å². The highest BCUT2D eigenvalue weighted by atomic mass is 16.3. The van der Waals surface area contributed by atoms with E-state index in [1.165, 1.54) is 11.6 Å². The van der Waals surface area contributed by atoms with Gasteiger partial charge in [-0.3, -0.25) is 4.79 Å². The molecule has 2 N–H and O–H groups in total. The summed E-state index contributed by atoms with van der Waals surface area (Å²) in [6.07, 6.45) is 3.72. The number of fused-ring (bicyclic) bond motifs is 1. The predicted molar refractivity (Wildman–Crippen MR) is 97.4 cm³/mol. The van der Waals surface area contributed by atoms with Gasteiger partial charge in [0.1, 0.15) is 5.76 Å². The summed E-state index contributed by atoms with van der Waals surface area (Å²) in [6, 6.07) is 17.1.